The van der Waals surface area contributed by atoms with Gasteiger partial charge in [-0.1, -0.05) is 91.0 Å². The van der Waals surface area contributed by atoms with Gasteiger partial charge in [-0.2, -0.15) is 0 Å². The van der Waals surface area contributed by atoms with Gasteiger partial charge in [-0.05, 0) is 65.4 Å². The van der Waals surface area contributed by atoms with E-state index in [0.717, 1.165) is 33.3 Å². The molecule has 43 heavy (non-hydrogen) atoms. The number of hydrogen-bond acceptors (Lipinski definition) is 1. The first-order chi connectivity index (χ1) is 21.3. The zero-order valence-electron chi connectivity index (χ0n) is 23.2. The second kappa shape index (κ2) is 8.37. The molecule has 10 rings (SSSR count). The summed E-state index contributed by atoms with van der Waals surface area (Å²) in [5.74, 6) is 0. The van der Waals surface area contributed by atoms with E-state index in [2.05, 4.69) is 149 Å². The Bertz CT molecular complexity index is 2720. The van der Waals surface area contributed by atoms with Crippen molar-refractivity contribution >= 4 is 76.3 Å². The summed E-state index contributed by atoms with van der Waals surface area (Å²) in [6, 6.07) is 52.3. The van der Waals surface area contributed by atoms with Crippen molar-refractivity contribution in [2.75, 3.05) is 0 Å². The van der Waals surface area contributed by atoms with Crippen molar-refractivity contribution in [2.45, 2.75) is 0 Å². The van der Waals surface area contributed by atoms with Gasteiger partial charge >= 0.3 is 0 Å². The summed E-state index contributed by atoms with van der Waals surface area (Å²) in [5, 5.41) is 9.69. The highest BCUT2D eigenvalue weighted by Gasteiger charge is 2.21. The Morgan fingerprint density at radius 2 is 0.977 bits per heavy atom. The average Bonchev–Trinajstić information content (AvgIpc) is 3.70. The standard InChI is InChI=1S/C40H24N2O/c1-2-13-27(14-3-1)41-36-22-26-12-5-4-11-25(26)21-31(36)33-24-38-32(23-37(33)41)28-15-6-8-18-34(28)42(38)35-19-10-17-30-29-16-7-9-20-39(29)43-40(30)35/h1-24H. The Morgan fingerprint density at radius 1 is 0.372 bits per heavy atom. The number of fused-ring (bicyclic) bond motifs is 10. The molecule has 3 nitrogen and oxygen atoms in total. The van der Waals surface area contributed by atoms with Gasteiger partial charge in [0.05, 0.1) is 27.8 Å². The zero-order chi connectivity index (χ0) is 28.1. The highest BCUT2D eigenvalue weighted by Crippen LogP contribution is 2.42. The second-order valence-corrected chi connectivity index (χ2v) is 11.4. The molecule has 10 aromatic rings. The summed E-state index contributed by atoms with van der Waals surface area (Å²) in [6.07, 6.45) is 0. The molecular weight excluding hydrogens is 524 g/mol. The summed E-state index contributed by atoms with van der Waals surface area (Å²) in [4.78, 5) is 0. The maximum absolute atomic E-state index is 6.55. The number of para-hydroxylation sites is 4. The smallest absolute Gasteiger partial charge is 0.159 e. The third kappa shape index (κ3) is 3.08. The topological polar surface area (TPSA) is 23.0 Å². The fourth-order valence-electron chi connectivity index (χ4n) is 7.19. The molecule has 0 fully saturated rings. The third-order valence-corrected chi connectivity index (χ3v) is 9.06. The van der Waals surface area contributed by atoms with Crippen LogP contribution in [0.5, 0.6) is 0 Å². The van der Waals surface area contributed by atoms with Crippen LogP contribution in [0, 0.1) is 0 Å². The average molecular weight is 549 g/mol. The van der Waals surface area contributed by atoms with Gasteiger partial charge in [0, 0.05) is 38.0 Å². The molecule has 0 bridgehead atoms. The lowest BCUT2D eigenvalue weighted by Crippen LogP contribution is -1.95. The van der Waals surface area contributed by atoms with E-state index in [9.17, 15) is 0 Å². The Hall–Kier alpha value is -5.80. The van der Waals surface area contributed by atoms with E-state index in [1.807, 2.05) is 6.07 Å². The summed E-state index contributed by atoms with van der Waals surface area (Å²) in [6.45, 7) is 0. The SMILES string of the molecule is c1ccc(-n2c3cc4ccccc4cc3c3cc4c(cc32)c2ccccc2n4-c2cccc3c2oc2ccccc23)cc1. The van der Waals surface area contributed by atoms with E-state index < -0.39 is 0 Å². The fraction of sp³-hybridized carbons (Fsp3) is 0. The van der Waals surface area contributed by atoms with Crippen LogP contribution in [0.1, 0.15) is 0 Å². The van der Waals surface area contributed by atoms with Crippen LogP contribution in [0.15, 0.2) is 150 Å². The minimum absolute atomic E-state index is 0.907. The third-order valence-electron chi connectivity index (χ3n) is 9.06. The summed E-state index contributed by atoms with van der Waals surface area (Å²) < 4.78 is 11.4. The predicted molar refractivity (Wildman–Crippen MR) is 180 cm³/mol. The molecule has 0 aliphatic carbocycles. The normalized spacial score (nSPS) is 12.2. The molecule has 0 saturated carbocycles. The number of hydrogen-bond donors (Lipinski definition) is 0. The number of aromatic nitrogens is 2. The van der Waals surface area contributed by atoms with E-state index in [1.54, 1.807) is 0 Å². The fourth-order valence-corrected chi connectivity index (χ4v) is 7.19. The number of nitrogens with zero attached hydrogens (tertiary/aromatic N) is 2. The summed E-state index contributed by atoms with van der Waals surface area (Å²) >= 11 is 0. The van der Waals surface area contributed by atoms with Crippen LogP contribution in [0.2, 0.25) is 0 Å². The van der Waals surface area contributed by atoms with E-state index in [0.29, 0.717) is 0 Å². The molecule has 0 saturated heterocycles. The molecule has 0 aliphatic heterocycles. The molecule has 3 aromatic heterocycles. The molecule has 0 amide bonds. The Labute approximate surface area is 246 Å². The Morgan fingerprint density at radius 3 is 1.84 bits per heavy atom. The molecule has 0 unspecified atom stereocenters. The van der Waals surface area contributed by atoms with Crippen molar-refractivity contribution in [1.29, 1.82) is 0 Å². The Kier molecular flexibility index (Phi) is 4.45. The van der Waals surface area contributed by atoms with Gasteiger partial charge < -0.3 is 13.6 Å². The lowest BCUT2D eigenvalue weighted by Gasteiger charge is -2.09. The van der Waals surface area contributed by atoms with E-state index in [1.165, 1.54) is 54.4 Å². The quantitative estimate of drug-likeness (QED) is 0.211. The number of benzene rings is 7. The van der Waals surface area contributed by atoms with Crippen LogP contribution >= 0.6 is 0 Å². The van der Waals surface area contributed by atoms with Crippen LogP contribution in [0.3, 0.4) is 0 Å². The van der Waals surface area contributed by atoms with Crippen LogP contribution in [0.4, 0.5) is 0 Å². The summed E-state index contributed by atoms with van der Waals surface area (Å²) in [7, 11) is 0. The highest BCUT2D eigenvalue weighted by atomic mass is 16.3. The molecule has 0 N–H and O–H groups in total. The predicted octanol–water partition coefficient (Wildman–Crippen LogP) is 10.9. The maximum atomic E-state index is 6.55. The first-order valence-electron chi connectivity index (χ1n) is 14.7. The summed E-state index contributed by atoms with van der Waals surface area (Å²) in [5.41, 5.74) is 8.78. The van der Waals surface area contributed by atoms with E-state index >= 15 is 0 Å². The van der Waals surface area contributed by atoms with Crippen molar-refractivity contribution in [2.24, 2.45) is 0 Å². The number of rotatable bonds is 2. The van der Waals surface area contributed by atoms with Gasteiger partial charge in [-0.15, -0.1) is 0 Å². The molecular formula is C40H24N2O. The van der Waals surface area contributed by atoms with Crippen molar-refractivity contribution in [1.82, 2.24) is 9.13 Å². The number of furan rings is 1. The van der Waals surface area contributed by atoms with Crippen molar-refractivity contribution in [3.8, 4) is 11.4 Å². The highest BCUT2D eigenvalue weighted by molar-refractivity contribution is 6.21. The minimum Gasteiger partial charge on any atom is -0.454 e. The molecule has 0 spiro atoms. The largest absolute Gasteiger partial charge is 0.454 e. The Balaban J connectivity index is 1.40. The second-order valence-electron chi connectivity index (χ2n) is 11.4. The van der Waals surface area contributed by atoms with Gasteiger partial charge in [-0.3, -0.25) is 0 Å². The van der Waals surface area contributed by atoms with Crippen molar-refractivity contribution < 1.29 is 4.42 Å². The van der Waals surface area contributed by atoms with Crippen LogP contribution in [-0.4, -0.2) is 9.13 Å². The van der Waals surface area contributed by atoms with Gasteiger partial charge in [0.25, 0.3) is 0 Å². The van der Waals surface area contributed by atoms with Gasteiger partial charge in [0.2, 0.25) is 0 Å². The first-order valence-corrected chi connectivity index (χ1v) is 14.7. The van der Waals surface area contributed by atoms with Gasteiger partial charge in [0.15, 0.2) is 5.58 Å². The minimum atomic E-state index is 0.907. The molecule has 3 heterocycles. The van der Waals surface area contributed by atoms with Crippen LogP contribution in [0.25, 0.3) is 87.7 Å². The van der Waals surface area contributed by atoms with Crippen molar-refractivity contribution in [3.05, 3.63) is 146 Å². The lowest BCUT2D eigenvalue weighted by atomic mass is 10.0. The molecule has 200 valence electrons. The monoisotopic (exact) mass is 548 g/mol. The molecule has 0 aliphatic rings. The maximum Gasteiger partial charge on any atom is 0.159 e. The van der Waals surface area contributed by atoms with Crippen LogP contribution < -0.4 is 0 Å². The zero-order valence-corrected chi connectivity index (χ0v) is 23.2. The molecule has 0 atom stereocenters. The van der Waals surface area contributed by atoms with Gasteiger partial charge in [0.1, 0.15) is 5.58 Å². The first kappa shape index (κ1) is 22.8. The molecule has 3 heteroatoms. The van der Waals surface area contributed by atoms with E-state index in [4.69, 9.17) is 4.42 Å². The molecule has 7 aromatic carbocycles. The molecule has 0 radical (unpaired) electrons. The van der Waals surface area contributed by atoms with Gasteiger partial charge in [-0.25, -0.2) is 0 Å². The van der Waals surface area contributed by atoms with E-state index in [-0.39, 0.29) is 0 Å². The van der Waals surface area contributed by atoms with Crippen LogP contribution in [-0.2, 0) is 0 Å². The van der Waals surface area contributed by atoms with Crippen molar-refractivity contribution in [3.63, 3.8) is 0 Å². The lowest BCUT2D eigenvalue weighted by molar-refractivity contribution is 0.666.